The SMILES string of the molecule is C=CCOCC(=O)N1CCCC(CN)C1. The van der Waals surface area contributed by atoms with Crippen LogP contribution < -0.4 is 5.73 Å². The van der Waals surface area contributed by atoms with Crippen molar-refractivity contribution in [2.75, 3.05) is 32.8 Å². The largest absolute Gasteiger partial charge is 0.368 e. The van der Waals surface area contributed by atoms with Crippen LogP contribution in [0, 0.1) is 5.92 Å². The molecular formula is C11H20N2O2. The Hall–Kier alpha value is -0.870. The number of nitrogens with zero attached hydrogens (tertiary/aromatic N) is 1. The van der Waals surface area contributed by atoms with Gasteiger partial charge in [-0.2, -0.15) is 0 Å². The molecule has 1 atom stereocenters. The number of amides is 1. The lowest BCUT2D eigenvalue weighted by Crippen LogP contribution is -2.43. The van der Waals surface area contributed by atoms with Crippen LogP contribution in [0.25, 0.3) is 0 Å². The summed E-state index contributed by atoms with van der Waals surface area (Å²) >= 11 is 0. The van der Waals surface area contributed by atoms with Crippen molar-refractivity contribution >= 4 is 5.91 Å². The Morgan fingerprint density at radius 3 is 3.13 bits per heavy atom. The highest BCUT2D eigenvalue weighted by Crippen LogP contribution is 2.15. The van der Waals surface area contributed by atoms with Crippen LogP contribution in [-0.4, -0.2) is 43.7 Å². The van der Waals surface area contributed by atoms with Gasteiger partial charge < -0.3 is 15.4 Å². The van der Waals surface area contributed by atoms with Gasteiger partial charge in [-0.05, 0) is 25.3 Å². The van der Waals surface area contributed by atoms with Crippen molar-refractivity contribution in [3.05, 3.63) is 12.7 Å². The highest BCUT2D eigenvalue weighted by atomic mass is 16.5. The van der Waals surface area contributed by atoms with Crippen molar-refractivity contribution in [2.24, 2.45) is 11.7 Å². The molecule has 0 aromatic carbocycles. The monoisotopic (exact) mass is 212 g/mol. The molecule has 1 amide bonds. The van der Waals surface area contributed by atoms with E-state index in [0.29, 0.717) is 19.1 Å². The second-order valence-electron chi connectivity index (χ2n) is 3.89. The molecule has 0 aliphatic carbocycles. The summed E-state index contributed by atoms with van der Waals surface area (Å²) in [5.41, 5.74) is 5.60. The Balaban J connectivity index is 2.28. The lowest BCUT2D eigenvalue weighted by atomic mass is 9.98. The van der Waals surface area contributed by atoms with E-state index < -0.39 is 0 Å². The normalized spacial score (nSPS) is 21.4. The van der Waals surface area contributed by atoms with Crippen LogP contribution in [0.1, 0.15) is 12.8 Å². The van der Waals surface area contributed by atoms with Crippen molar-refractivity contribution in [1.29, 1.82) is 0 Å². The Kier molecular flexibility index (Phi) is 5.36. The minimum Gasteiger partial charge on any atom is -0.368 e. The summed E-state index contributed by atoms with van der Waals surface area (Å²) in [4.78, 5) is 13.5. The van der Waals surface area contributed by atoms with Crippen molar-refractivity contribution in [1.82, 2.24) is 4.90 Å². The smallest absolute Gasteiger partial charge is 0.248 e. The van der Waals surface area contributed by atoms with Crippen LogP contribution in [0.4, 0.5) is 0 Å². The van der Waals surface area contributed by atoms with Gasteiger partial charge in [0.15, 0.2) is 0 Å². The van der Waals surface area contributed by atoms with Crippen LogP contribution in [0.15, 0.2) is 12.7 Å². The molecule has 0 aromatic rings. The zero-order valence-corrected chi connectivity index (χ0v) is 9.15. The number of nitrogens with two attached hydrogens (primary N) is 1. The van der Waals surface area contributed by atoms with Crippen LogP contribution in [-0.2, 0) is 9.53 Å². The molecule has 1 aliphatic rings. The Labute approximate surface area is 91.1 Å². The van der Waals surface area contributed by atoms with Gasteiger partial charge in [-0.3, -0.25) is 4.79 Å². The van der Waals surface area contributed by atoms with Crippen LogP contribution in [0.3, 0.4) is 0 Å². The maximum absolute atomic E-state index is 11.7. The molecule has 2 N–H and O–H groups in total. The minimum absolute atomic E-state index is 0.0648. The summed E-state index contributed by atoms with van der Waals surface area (Å²) in [6.45, 7) is 6.40. The van der Waals surface area contributed by atoms with E-state index in [1.54, 1.807) is 6.08 Å². The topological polar surface area (TPSA) is 55.6 Å². The highest BCUT2D eigenvalue weighted by molar-refractivity contribution is 5.77. The van der Waals surface area contributed by atoms with Gasteiger partial charge in [-0.25, -0.2) is 0 Å². The number of ether oxygens (including phenoxy) is 1. The van der Waals surface area contributed by atoms with E-state index in [9.17, 15) is 4.79 Å². The molecule has 1 heterocycles. The quantitative estimate of drug-likeness (QED) is 0.529. The molecule has 0 aromatic heterocycles. The van der Waals surface area contributed by atoms with E-state index in [1.165, 1.54) is 0 Å². The maximum Gasteiger partial charge on any atom is 0.248 e. The van der Waals surface area contributed by atoms with Gasteiger partial charge in [0.2, 0.25) is 5.91 Å². The van der Waals surface area contributed by atoms with Gasteiger partial charge in [0, 0.05) is 13.1 Å². The predicted octanol–water partition coefficient (Wildman–Crippen LogP) is 0.386. The fourth-order valence-electron chi connectivity index (χ4n) is 1.80. The second-order valence-corrected chi connectivity index (χ2v) is 3.89. The first kappa shape index (κ1) is 12.2. The fourth-order valence-corrected chi connectivity index (χ4v) is 1.80. The number of carbonyl (C=O) groups excluding carboxylic acids is 1. The molecule has 0 saturated carbocycles. The van der Waals surface area contributed by atoms with Crippen LogP contribution in [0.2, 0.25) is 0 Å². The first-order valence-corrected chi connectivity index (χ1v) is 5.44. The van der Waals surface area contributed by atoms with E-state index in [0.717, 1.165) is 25.9 Å². The molecule has 0 spiro atoms. The second kappa shape index (κ2) is 6.58. The van der Waals surface area contributed by atoms with Gasteiger partial charge >= 0.3 is 0 Å². The van der Waals surface area contributed by atoms with Gasteiger partial charge in [0.05, 0.1) is 6.61 Å². The third-order valence-corrected chi connectivity index (χ3v) is 2.67. The number of rotatable bonds is 5. The average Bonchev–Trinajstić information content (AvgIpc) is 2.29. The first-order chi connectivity index (χ1) is 7.27. The lowest BCUT2D eigenvalue weighted by molar-refractivity contribution is -0.137. The van der Waals surface area contributed by atoms with E-state index in [4.69, 9.17) is 10.5 Å². The summed E-state index contributed by atoms with van der Waals surface area (Å²) in [6, 6.07) is 0. The van der Waals surface area contributed by atoms with Crippen LogP contribution >= 0.6 is 0 Å². The van der Waals surface area contributed by atoms with Crippen LogP contribution in [0.5, 0.6) is 0 Å². The molecule has 1 rings (SSSR count). The first-order valence-electron chi connectivity index (χ1n) is 5.44. The molecule has 1 aliphatic heterocycles. The molecule has 4 nitrogen and oxygen atoms in total. The van der Waals surface area contributed by atoms with E-state index in [2.05, 4.69) is 6.58 Å². The lowest BCUT2D eigenvalue weighted by Gasteiger charge is -2.32. The molecule has 4 heteroatoms. The Morgan fingerprint density at radius 1 is 1.67 bits per heavy atom. The third kappa shape index (κ3) is 4.01. The summed E-state index contributed by atoms with van der Waals surface area (Å²) in [5.74, 6) is 0.525. The van der Waals surface area contributed by atoms with Crippen molar-refractivity contribution in [3.63, 3.8) is 0 Å². The number of piperidine rings is 1. The zero-order chi connectivity index (χ0) is 11.1. The Bertz CT molecular complexity index is 219. The summed E-state index contributed by atoms with van der Waals surface area (Å²) in [5, 5.41) is 0. The maximum atomic E-state index is 11.7. The van der Waals surface area contributed by atoms with E-state index >= 15 is 0 Å². The minimum atomic E-state index is 0.0648. The molecule has 15 heavy (non-hydrogen) atoms. The van der Waals surface area contributed by atoms with E-state index in [-0.39, 0.29) is 12.5 Å². The molecule has 0 radical (unpaired) electrons. The predicted molar refractivity (Wildman–Crippen MR) is 59.4 cm³/mol. The molecule has 1 fully saturated rings. The Morgan fingerprint density at radius 2 is 2.47 bits per heavy atom. The molecular weight excluding hydrogens is 192 g/mol. The van der Waals surface area contributed by atoms with E-state index in [1.807, 2.05) is 4.90 Å². The summed E-state index contributed by atoms with van der Waals surface area (Å²) in [6.07, 6.45) is 3.83. The van der Waals surface area contributed by atoms with Crippen molar-refractivity contribution in [2.45, 2.75) is 12.8 Å². The number of hydrogen-bond donors (Lipinski definition) is 1. The van der Waals surface area contributed by atoms with Gasteiger partial charge in [-0.1, -0.05) is 6.08 Å². The summed E-state index contributed by atoms with van der Waals surface area (Å²) in [7, 11) is 0. The fraction of sp³-hybridized carbons (Fsp3) is 0.727. The van der Waals surface area contributed by atoms with Gasteiger partial charge in [0.25, 0.3) is 0 Å². The molecule has 1 saturated heterocycles. The molecule has 86 valence electrons. The van der Waals surface area contributed by atoms with Gasteiger partial charge in [0.1, 0.15) is 6.61 Å². The standard InChI is InChI=1S/C11H20N2O2/c1-2-6-15-9-11(14)13-5-3-4-10(7-12)8-13/h2,10H,1,3-9,12H2. The third-order valence-electron chi connectivity index (χ3n) is 2.67. The zero-order valence-electron chi connectivity index (χ0n) is 9.15. The molecule has 0 bridgehead atoms. The number of carbonyl (C=O) groups is 1. The van der Waals surface area contributed by atoms with Gasteiger partial charge in [-0.15, -0.1) is 6.58 Å². The average molecular weight is 212 g/mol. The number of likely N-dealkylation sites (tertiary alicyclic amines) is 1. The van der Waals surface area contributed by atoms with Crippen molar-refractivity contribution < 1.29 is 9.53 Å². The number of hydrogen-bond acceptors (Lipinski definition) is 3. The summed E-state index contributed by atoms with van der Waals surface area (Å²) < 4.78 is 5.13. The molecule has 1 unspecified atom stereocenters. The van der Waals surface area contributed by atoms with Crippen molar-refractivity contribution in [3.8, 4) is 0 Å². The highest BCUT2D eigenvalue weighted by Gasteiger charge is 2.22.